The Kier molecular flexibility index (Phi) is 5.53. The molecule has 4 atom stereocenters. The third kappa shape index (κ3) is 3.49. The number of fused-ring (bicyclic) bond motifs is 1. The van der Waals surface area contributed by atoms with Gasteiger partial charge in [-0.2, -0.15) is 0 Å². The molecule has 1 saturated carbocycles. The van der Waals surface area contributed by atoms with Gasteiger partial charge in [-0.1, -0.05) is 53.5 Å². The minimum absolute atomic E-state index is 0.0589. The molecule has 0 unspecified atom stereocenters. The highest BCUT2D eigenvalue weighted by Crippen LogP contribution is 2.46. The van der Waals surface area contributed by atoms with Crippen LogP contribution in [0.5, 0.6) is 0 Å². The summed E-state index contributed by atoms with van der Waals surface area (Å²) in [5.41, 5.74) is 1.45. The van der Waals surface area contributed by atoms with E-state index in [0.717, 1.165) is 12.5 Å². The Morgan fingerprint density at radius 1 is 1.29 bits per heavy atom. The zero-order valence-electron chi connectivity index (χ0n) is 15.3. The molecule has 1 aromatic rings. The van der Waals surface area contributed by atoms with Gasteiger partial charge in [-0.15, -0.1) is 0 Å². The topological polar surface area (TPSA) is 12.5 Å². The summed E-state index contributed by atoms with van der Waals surface area (Å²) < 4.78 is 7.77. The van der Waals surface area contributed by atoms with Crippen molar-refractivity contribution >= 4 is 15.9 Å². The van der Waals surface area contributed by atoms with Crippen LogP contribution in [0.3, 0.4) is 0 Å². The van der Waals surface area contributed by atoms with Gasteiger partial charge >= 0.3 is 0 Å². The van der Waals surface area contributed by atoms with Crippen molar-refractivity contribution in [2.75, 3.05) is 0 Å². The molecule has 2 aliphatic rings. The Labute approximate surface area is 155 Å². The number of rotatable bonds is 3. The van der Waals surface area contributed by atoms with Crippen molar-refractivity contribution in [3.8, 4) is 0 Å². The number of nitrogens with zero attached hydrogens (tertiary/aromatic N) is 1. The first kappa shape index (κ1) is 18.2. The molecule has 0 radical (unpaired) electrons. The number of halogens is 1. The third-order valence-corrected chi connectivity index (χ3v) is 6.75. The quantitative estimate of drug-likeness (QED) is 0.606. The molecule has 1 aliphatic carbocycles. The fourth-order valence-electron chi connectivity index (χ4n) is 4.50. The molecular formula is C21H30BrNO. The number of ether oxygens (including phenoxy) is 1. The minimum Gasteiger partial charge on any atom is -0.356 e. The van der Waals surface area contributed by atoms with Gasteiger partial charge in [0.25, 0.3) is 0 Å². The van der Waals surface area contributed by atoms with E-state index in [9.17, 15) is 0 Å². The first-order valence-corrected chi connectivity index (χ1v) is 10.0. The van der Waals surface area contributed by atoms with E-state index in [1.54, 1.807) is 0 Å². The number of hydrogen-bond acceptors (Lipinski definition) is 2. The zero-order valence-corrected chi connectivity index (χ0v) is 16.9. The molecule has 132 valence electrons. The lowest BCUT2D eigenvalue weighted by Gasteiger charge is -2.57. The van der Waals surface area contributed by atoms with Crippen LogP contribution in [0, 0.1) is 11.8 Å². The summed E-state index contributed by atoms with van der Waals surface area (Å²) in [4.78, 5) is 2.55. The van der Waals surface area contributed by atoms with Gasteiger partial charge in [0.15, 0.2) is 0 Å². The minimum atomic E-state index is 0.0589. The molecule has 0 bridgehead atoms. The van der Waals surface area contributed by atoms with E-state index < -0.39 is 0 Å². The van der Waals surface area contributed by atoms with Gasteiger partial charge in [0, 0.05) is 22.5 Å². The van der Waals surface area contributed by atoms with Crippen molar-refractivity contribution in [1.29, 1.82) is 0 Å². The summed E-state index contributed by atoms with van der Waals surface area (Å²) >= 11 is 3.71. The molecule has 0 aromatic heterocycles. The monoisotopic (exact) mass is 391 g/mol. The molecule has 1 saturated heterocycles. The number of allylic oxidation sites excluding steroid dienone is 1. The highest BCUT2D eigenvalue weighted by Gasteiger charge is 2.49. The molecule has 2 fully saturated rings. The van der Waals surface area contributed by atoms with E-state index in [1.165, 1.54) is 29.3 Å². The molecule has 3 heteroatoms. The van der Waals surface area contributed by atoms with Crippen LogP contribution in [0.1, 0.15) is 52.5 Å². The maximum absolute atomic E-state index is 6.59. The Bertz CT molecular complexity index is 597. The molecule has 1 aliphatic heterocycles. The normalized spacial score (nSPS) is 33.5. The van der Waals surface area contributed by atoms with Crippen LogP contribution < -0.4 is 0 Å². The average molecular weight is 392 g/mol. The van der Waals surface area contributed by atoms with Crippen molar-refractivity contribution in [1.82, 2.24) is 4.90 Å². The van der Waals surface area contributed by atoms with Gasteiger partial charge in [0.05, 0.1) is 6.10 Å². The van der Waals surface area contributed by atoms with Gasteiger partial charge in [-0.05, 0) is 57.2 Å². The second-order valence-corrected chi connectivity index (χ2v) is 8.84. The fraction of sp³-hybridized carbons (Fsp3) is 0.619. The molecule has 1 heterocycles. The average Bonchev–Trinajstić information content (AvgIpc) is 2.52. The van der Waals surface area contributed by atoms with Gasteiger partial charge < -0.3 is 4.74 Å². The zero-order chi connectivity index (χ0) is 17.3. The second-order valence-electron chi connectivity index (χ2n) is 7.99. The number of hydrogen-bond donors (Lipinski definition) is 0. The lowest BCUT2D eigenvalue weighted by atomic mass is 9.69. The summed E-state index contributed by atoms with van der Waals surface area (Å²) in [6.45, 7) is 10.2. The standard InChI is InChI=1S/C21H30BrNO/c1-5-8-20-23(14-16-9-6-7-10-18(16)22)21(3,4)17-12-11-15(2)13-19(17)24-20/h5-10,15,17,19-20H,11-14H2,1-4H3/b8-5+/t15-,17-,19-,20+/m1/s1. The molecule has 24 heavy (non-hydrogen) atoms. The van der Waals surface area contributed by atoms with Crippen molar-refractivity contribution in [2.24, 2.45) is 11.8 Å². The smallest absolute Gasteiger partial charge is 0.130 e. The molecule has 2 nitrogen and oxygen atoms in total. The molecule has 1 aromatic carbocycles. The van der Waals surface area contributed by atoms with Crippen LogP contribution in [-0.2, 0) is 11.3 Å². The highest BCUT2D eigenvalue weighted by molar-refractivity contribution is 9.10. The Balaban J connectivity index is 1.91. The second kappa shape index (κ2) is 7.31. The predicted molar refractivity (Wildman–Crippen MR) is 104 cm³/mol. The summed E-state index contributed by atoms with van der Waals surface area (Å²) in [6, 6.07) is 8.53. The van der Waals surface area contributed by atoms with Gasteiger partial charge in [0.1, 0.15) is 6.23 Å². The number of benzene rings is 1. The van der Waals surface area contributed by atoms with E-state index >= 15 is 0 Å². The summed E-state index contributed by atoms with van der Waals surface area (Å²) in [6.07, 6.45) is 8.59. The summed E-state index contributed by atoms with van der Waals surface area (Å²) in [7, 11) is 0. The van der Waals surface area contributed by atoms with E-state index in [-0.39, 0.29) is 11.8 Å². The Hall–Kier alpha value is -0.640. The van der Waals surface area contributed by atoms with E-state index in [0.29, 0.717) is 12.0 Å². The third-order valence-electron chi connectivity index (χ3n) is 5.98. The Morgan fingerprint density at radius 3 is 2.75 bits per heavy atom. The first-order chi connectivity index (χ1) is 11.4. The fourth-order valence-corrected chi connectivity index (χ4v) is 4.91. The van der Waals surface area contributed by atoms with Crippen LogP contribution in [0.15, 0.2) is 40.9 Å². The Morgan fingerprint density at radius 2 is 2.04 bits per heavy atom. The van der Waals surface area contributed by atoms with Crippen LogP contribution in [0.25, 0.3) is 0 Å². The molecule has 0 amide bonds. The van der Waals surface area contributed by atoms with Crippen molar-refractivity contribution < 1.29 is 4.74 Å². The lowest BCUT2D eigenvalue weighted by Crippen LogP contribution is -2.63. The SMILES string of the molecule is C/C=C/[C@@H]1O[C@@H]2C[C@H](C)CC[C@H]2C(C)(C)N1Cc1ccccc1Br. The maximum Gasteiger partial charge on any atom is 0.130 e. The van der Waals surface area contributed by atoms with Crippen molar-refractivity contribution in [2.45, 2.75) is 71.4 Å². The van der Waals surface area contributed by atoms with E-state index in [4.69, 9.17) is 4.74 Å². The van der Waals surface area contributed by atoms with E-state index in [2.05, 4.69) is 84.9 Å². The van der Waals surface area contributed by atoms with E-state index in [1.807, 2.05) is 0 Å². The maximum atomic E-state index is 6.59. The van der Waals surface area contributed by atoms with Crippen LogP contribution >= 0.6 is 15.9 Å². The van der Waals surface area contributed by atoms with Gasteiger partial charge in [-0.25, -0.2) is 0 Å². The summed E-state index contributed by atoms with van der Waals surface area (Å²) in [5, 5.41) is 0. The van der Waals surface area contributed by atoms with Crippen LogP contribution in [0.2, 0.25) is 0 Å². The van der Waals surface area contributed by atoms with Crippen LogP contribution in [0.4, 0.5) is 0 Å². The van der Waals surface area contributed by atoms with Gasteiger partial charge in [0.2, 0.25) is 0 Å². The predicted octanol–water partition coefficient (Wildman–Crippen LogP) is 5.77. The lowest BCUT2D eigenvalue weighted by molar-refractivity contribution is -0.219. The molecule has 3 rings (SSSR count). The molecular weight excluding hydrogens is 362 g/mol. The molecule has 0 N–H and O–H groups in total. The first-order valence-electron chi connectivity index (χ1n) is 9.22. The highest BCUT2D eigenvalue weighted by atomic mass is 79.9. The van der Waals surface area contributed by atoms with Crippen LogP contribution in [-0.4, -0.2) is 22.8 Å². The largest absolute Gasteiger partial charge is 0.356 e. The molecule has 0 spiro atoms. The van der Waals surface area contributed by atoms with Gasteiger partial charge in [-0.3, -0.25) is 4.90 Å². The van der Waals surface area contributed by atoms with Crippen molar-refractivity contribution in [3.05, 3.63) is 46.5 Å². The van der Waals surface area contributed by atoms with Crippen molar-refractivity contribution in [3.63, 3.8) is 0 Å². The summed E-state index contributed by atoms with van der Waals surface area (Å²) in [5.74, 6) is 1.39.